The van der Waals surface area contributed by atoms with Crippen LogP contribution in [0.25, 0.3) is 6.08 Å². The fourth-order valence-corrected chi connectivity index (χ4v) is 4.20. The molecule has 35 heavy (non-hydrogen) atoms. The van der Waals surface area contributed by atoms with Crippen LogP contribution in [-0.2, 0) is 22.6 Å². The van der Waals surface area contributed by atoms with E-state index in [1.165, 1.54) is 12.1 Å². The number of hydrogen-bond donors (Lipinski definition) is 1. The molecule has 1 saturated heterocycles. The Balaban J connectivity index is 1.34. The molecule has 178 valence electrons. The molecule has 1 fully saturated rings. The molecule has 4 rings (SSSR count). The van der Waals surface area contributed by atoms with Crippen LogP contribution in [0.1, 0.15) is 23.6 Å². The van der Waals surface area contributed by atoms with Gasteiger partial charge in [-0.05, 0) is 77.3 Å². The molecule has 0 atom stereocenters. The minimum Gasteiger partial charge on any atom is -0.489 e. The number of nitrogens with one attached hydrogen (secondary N) is 1. The van der Waals surface area contributed by atoms with Crippen molar-refractivity contribution in [3.05, 3.63) is 100 Å². The topological polar surface area (TPSA) is 75.7 Å². The van der Waals surface area contributed by atoms with Gasteiger partial charge in [-0.1, -0.05) is 43.3 Å². The summed E-state index contributed by atoms with van der Waals surface area (Å²) in [6, 6.07) is 20.5. The van der Waals surface area contributed by atoms with E-state index in [-0.39, 0.29) is 17.3 Å². The van der Waals surface area contributed by atoms with Gasteiger partial charge in [0, 0.05) is 5.69 Å². The van der Waals surface area contributed by atoms with Crippen LogP contribution < -0.4 is 10.1 Å². The lowest BCUT2D eigenvalue weighted by molar-refractivity contribution is -0.127. The van der Waals surface area contributed by atoms with Gasteiger partial charge in [-0.3, -0.25) is 19.3 Å². The van der Waals surface area contributed by atoms with Crippen molar-refractivity contribution in [2.45, 2.75) is 20.0 Å². The zero-order valence-electron chi connectivity index (χ0n) is 19.0. The van der Waals surface area contributed by atoms with Crippen molar-refractivity contribution >= 4 is 40.6 Å². The molecule has 1 aliphatic rings. The lowest BCUT2D eigenvalue weighted by Gasteiger charge is -2.12. The van der Waals surface area contributed by atoms with E-state index in [1.807, 2.05) is 19.1 Å². The van der Waals surface area contributed by atoms with Gasteiger partial charge in [0.1, 0.15) is 24.7 Å². The van der Waals surface area contributed by atoms with Gasteiger partial charge < -0.3 is 10.1 Å². The molecule has 1 N–H and O–H groups in total. The Hall–Kier alpha value is -3.91. The highest BCUT2D eigenvalue weighted by Crippen LogP contribution is 2.32. The second kappa shape index (κ2) is 11.0. The number of hydrogen-bond acceptors (Lipinski definition) is 5. The first-order valence-corrected chi connectivity index (χ1v) is 11.8. The summed E-state index contributed by atoms with van der Waals surface area (Å²) in [5.41, 5.74) is 3.30. The Labute approximate surface area is 206 Å². The normalized spacial score (nSPS) is 14.5. The maximum atomic E-state index is 13.0. The van der Waals surface area contributed by atoms with Crippen LogP contribution >= 0.6 is 11.8 Å². The molecule has 0 aliphatic carbocycles. The highest BCUT2D eigenvalue weighted by molar-refractivity contribution is 8.18. The van der Waals surface area contributed by atoms with E-state index in [2.05, 4.69) is 5.32 Å². The Morgan fingerprint density at radius 2 is 1.63 bits per heavy atom. The van der Waals surface area contributed by atoms with Crippen LogP contribution in [0.3, 0.4) is 0 Å². The van der Waals surface area contributed by atoms with Crippen molar-refractivity contribution in [1.82, 2.24) is 4.90 Å². The first-order valence-electron chi connectivity index (χ1n) is 11.0. The summed E-state index contributed by atoms with van der Waals surface area (Å²) in [6.07, 6.45) is 2.50. The molecule has 0 aromatic heterocycles. The summed E-state index contributed by atoms with van der Waals surface area (Å²) in [6.45, 7) is 1.98. The predicted molar refractivity (Wildman–Crippen MR) is 134 cm³/mol. The maximum Gasteiger partial charge on any atom is 0.294 e. The lowest BCUT2D eigenvalue weighted by Crippen LogP contribution is -2.36. The largest absolute Gasteiger partial charge is 0.489 e. The third-order valence-electron chi connectivity index (χ3n) is 5.32. The van der Waals surface area contributed by atoms with Gasteiger partial charge in [0.2, 0.25) is 5.91 Å². The SMILES string of the molecule is CCc1ccc(NC(=O)CN2C(=O)S/C(=C\c3ccc(OCc4ccc(F)cc4)cc3)C2=O)cc1. The molecular weight excluding hydrogens is 467 g/mol. The van der Waals surface area contributed by atoms with E-state index in [9.17, 15) is 18.8 Å². The van der Waals surface area contributed by atoms with E-state index in [0.29, 0.717) is 23.6 Å². The van der Waals surface area contributed by atoms with E-state index >= 15 is 0 Å². The average molecular weight is 491 g/mol. The molecule has 0 radical (unpaired) electrons. The first kappa shape index (κ1) is 24.2. The first-order chi connectivity index (χ1) is 16.9. The van der Waals surface area contributed by atoms with Crippen LogP contribution in [0.2, 0.25) is 0 Å². The number of carbonyl (C=O) groups excluding carboxylic acids is 3. The number of imide groups is 1. The molecule has 0 spiro atoms. The zero-order valence-corrected chi connectivity index (χ0v) is 19.8. The second-order valence-electron chi connectivity index (χ2n) is 7.85. The molecular formula is C27H23FN2O4S. The van der Waals surface area contributed by atoms with Gasteiger partial charge in [0.15, 0.2) is 0 Å². The standard InChI is InChI=1S/C27H23FN2O4S/c1-2-18-5-11-22(12-6-18)29-25(31)16-30-26(32)24(35-27(30)33)15-19-7-13-23(14-8-19)34-17-20-3-9-21(28)10-4-20/h3-15H,2,16-17H2,1H3,(H,29,31)/b24-15-. The quantitative estimate of drug-likeness (QED) is 0.414. The van der Waals surface area contributed by atoms with Crippen molar-refractivity contribution < 1.29 is 23.5 Å². The van der Waals surface area contributed by atoms with Gasteiger partial charge in [-0.2, -0.15) is 0 Å². The highest BCUT2D eigenvalue weighted by Gasteiger charge is 2.36. The number of aryl methyl sites for hydroxylation is 1. The molecule has 0 bridgehead atoms. The summed E-state index contributed by atoms with van der Waals surface area (Å²) >= 11 is 0.799. The molecule has 3 amide bonds. The van der Waals surface area contributed by atoms with Gasteiger partial charge in [0.05, 0.1) is 4.91 Å². The number of thioether (sulfide) groups is 1. The Kier molecular flexibility index (Phi) is 7.62. The van der Waals surface area contributed by atoms with Crippen LogP contribution in [-0.4, -0.2) is 28.5 Å². The summed E-state index contributed by atoms with van der Waals surface area (Å²) in [5.74, 6) is -0.637. The van der Waals surface area contributed by atoms with Crippen molar-refractivity contribution in [3.63, 3.8) is 0 Å². The molecule has 1 aliphatic heterocycles. The Morgan fingerprint density at radius 3 is 2.29 bits per heavy atom. The van der Waals surface area contributed by atoms with E-state index < -0.39 is 17.1 Å². The van der Waals surface area contributed by atoms with E-state index in [0.717, 1.165) is 34.2 Å². The summed E-state index contributed by atoms with van der Waals surface area (Å²) < 4.78 is 18.7. The van der Waals surface area contributed by atoms with Gasteiger partial charge >= 0.3 is 0 Å². The van der Waals surface area contributed by atoms with Crippen molar-refractivity contribution in [2.75, 3.05) is 11.9 Å². The number of ether oxygens (including phenoxy) is 1. The van der Waals surface area contributed by atoms with Crippen molar-refractivity contribution in [2.24, 2.45) is 0 Å². The number of halogens is 1. The Bertz CT molecular complexity index is 1260. The van der Waals surface area contributed by atoms with Gasteiger partial charge in [-0.15, -0.1) is 0 Å². The maximum absolute atomic E-state index is 13.0. The second-order valence-corrected chi connectivity index (χ2v) is 8.84. The monoisotopic (exact) mass is 490 g/mol. The van der Waals surface area contributed by atoms with Crippen LogP contribution in [0.5, 0.6) is 5.75 Å². The van der Waals surface area contributed by atoms with Crippen molar-refractivity contribution in [3.8, 4) is 5.75 Å². The smallest absolute Gasteiger partial charge is 0.294 e. The number of anilines is 1. The number of carbonyl (C=O) groups is 3. The minimum absolute atomic E-state index is 0.245. The van der Waals surface area contributed by atoms with Crippen molar-refractivity contribution in [1.29, 1.82) is 0 Å². The van der Waals surface area contributed by atoms with Crippen LogP contribution in [0, 0.1) is 5.82 Å². The molecule has 1 heterocycles. The van der Waals surface area contributed by atoms with Crippen LogP contribution in [0.4, 0.5) is 14.9 Å². The number of benzene rings is 3. The number of rotatable bonds is 8. The lowest BCUT2D eigenvalue weighted by atomic mass is 10.1. The zero-order chi connectivity index (χ0) is 24.8. The molecule has 3 aromatic rings. The third kappa shape index (κ3) is 6.36. The summed E-state index contributed by atoms with van der Waals surface area (Å²) in [7, 11) is 0. The van der Waals surface area contributed by atoms with Crippen LogP contribution in [0.15, 0.2) is 77.7 Å². The minimum atomic E-state index is -0.506. The van der Waals surface area contributed by atoms with Gasteiger partial charge in [-0.25, -0.2) is 4.39 Å². The highest BCUT2D eigenvalue weighted by atomic mass is 32.2. The molecule has 0 saturated carbocycles. The van der Waals surface area contributed by atoms with Gasteiger partial charge in [0.25, 0.3) is 11.1 Å². The van der Waals surface area contributed by atoms with E-state index in [1.54, 1.807) is 54.6 Å². The number of nitrogens with zero attached hydrogens (tertiary/aromatic N) is 1. The molecule has 3 aromatic carbocycles. The average Bonchev–Trinajstić information content (AvgIpc) is 3.12. The number of amides is 3. The fourth-order valence-electron chi connectivity index (χ4n) is 3.36. The summed E-state index contributed by atoms with van der Waals surface area (Å²) in [4.78, 5) is 38.6. The molecule has 0 unspecified atom stereocenters. The third-order valence-corrected chi connectivity index (χ3v) is 6.23. The van der Waals surface area contributed by atoms with E-state index in [4.69, 9.17) is 4.74 Å². The predicted octanol–water partition coefficient (Wildman–Crippen LogP) is 5.64. The summed E-state index contributed by atoms with van der Waals surface area (Å²) in [5, 5.41) is 2.22. The molecule has 6 nitrogen and oxygen atoms in total. The Morgan fingerprint density at radius 1 is 0.971 bits per heavy atom. The molecule has 8 heteroatoms. The fraction of sp³-hybridized carbons (Fsp3) is 0.148.